The number of nitrogen functional groups attached to an aromatic ring is 1. The molecule has 4 aliphatic rings. The first kappa shape index (κ1) is 22.9. The largest absolute Gasteiger partial charge is 0.487 e. The van der Waals surface area contributed by atoms with Crippen molar-refractivity contribution in [3.05, 3.63) is 47.6 Å². The van der Waals surface area contributed by atoms with Crippen molar-refractivity contribution in [2.24, 2.45) is 16.8 Å². The fraction of sp³-hybridized carbons (Fsp3) is 0.400. The fourth-order valence-electron chi connectivity index (χ4n) is 5.07. The van der Waals surface area contributed by atoms with Crippen LogP contribution in [0.2, 0.25) is 0 Å². The number of rotatable bonds is 7. The molecule has 5 rings (SSSR count). The maximum atomic E-state index is 15.5. The number of halogens is 1. The van der Waals surface area contributed by atoms with Crippen LogP contribution in [-0.4, -0.2) is 55.4 Å². The summed E-state index contributed by atoms with van der Waals surface area (Å²) in [5.74, 6) is -3.06. The third-order valence-corrected chi connectivity index (χ3v) is 6.84. The van der Waals surface area contributed by atoms with Crippen LogP contribution in [-0.2, 0) is 4.79 Å². The highest BCUT2D eigenvalue weighted by molar-refractivity contribution is 6.18. The van der Waals surface area contributed by atoms with Crippen molar-refractivity contribution in [2.45, 2.75) is 25.3 Å². The number of ketones is 1. The number of allylic oxidation sites excluding steroid dienone is 4. The van der Waals surface area contributed by atoms with Crippen LogP contribution in [0.15, 0.2) is 41.2 Å². The molecule has 0 saturated carbocycles. The Kier molecular flexibility index (Phi) is 6.19. The van der Waals surface area contributed by atoms with Crippen LogP contribution in [0.5, 0.6) is 5.75 Å². The molecule has 3 aliphatic heterocycles. The zero-order valence-corrected chi connectivity index (χ0v) is 19.2. The lowest BCUT2D eigenvalue weighted by atomic mass is 9.83. The lowest BCUT2D eigenvalue weighted by molar-refractivity contribution is -0.139. The first-order valence-electron chi connectivity index (χ1n) is 11.8. The van der Waals surface area contributed by atoms with Crippen molar-refractivity contribution in [3.8, 4) is 5.75 Å². The normalized spacial score (nSPS) is 24.5. The average Bonchev–Trinajstić information content (AvgIpc) is 2.88. The minimum Gasteiger partial charge on any atom is -0.487 e. The number of benzene rings is 1. The number of carboxylic acid groups (broad SMARTS) is 1. The molecule has 5 N–H and O–H groups in total. The van der Waals surface area contributed by atoms with E-state index in [-0.39, 0.29) is 47.8 Å². The van der Waals surface area contributed by atoms with Crippen LogP contribution in [0.25, 0.3) is 0 Å². The van der Waals surface area contributed by atoms with Crippen LogP contribution < -0.4 is 26.0 Å². The summed E-state index contributed by atoms with van der Waals surface area (Å²) in [5, 5.41) is 16.0. The van der Waals surface area contributed by atoms with Crippen LogP contribution >= 0.6 is 0 Å². The standard InChI is InChI=1S/C25H28FN5O4/c26-19-20(27)18-22-24(21(19)30-11-10-29-17-8-4-5-9-28-17)35-13-16(14-6-2-1-3-7-14)31(22)12-15(23(18)32)25(33)34/h1-3,6,8-9,14-16,29-30H,4-5,7,10-13,27H2,(H,33,34)/t14?,15?,16-/m1/s1. The van der Waals surface area contributed by atoms with Gasteiger partial charge in [-0.05, 0) is 25.3 Å². The van der Waals surface area contributed by atoms with E-state index >= 15 is 4.39 Å². The molecule has 0 spiro atoms. The first-order chi connectivity index (χ1) is 17.0. The Balaban J connectivity index is 1.48. The summed E-state index contributed by atoms with van der Waals surface area (Å²) < 4.78 is 21.5. The van der Waals surface area contributed by atoms with Crippen molar-refractivity contribution in [1.82, 2.24) is 5.32 Å². The molecule has 0 fully saturated rings. The zero-order chi connectivity index (χ0) is 24.5. The third kappa shape index (κ3) is 4.13. The minimum absolute atomic E-state index is 0.0194. The van der Waals surface area contributed by atoms with Crippen molar-refractivity contribution in [2.75, 3.05) is 42.2 Å². The molecule has 10 heteroatoms. The maximum absolute atomic E-state index is 15.5. The molecule has 184 valence electrons. The highest BCUT2D eigenvalue weighted by Gasteiger charge is 2.47. The zero-order valence-electron chi connectivity index (χ0n) is 19.2. The second kappa shape index (κ2) is 9.44. The first-order valence-corrected chi connectivity index (χ1v) is 11.8. The van der Waals surface area contributed by atoms with Gasteiger partial charge in [0.1, 0.15) is 24.0 Å². The van der Waals surface area contributed by atoms with Gasteiger partial charge >= 0.3 is 5.97 Å². The van der Waals surface area contributed by atoms with Gasteiger partial charge in [0.2, 0.25) is 0 Å². The number of ether oxygens (including phenoxy) is 1. The van der Waals surface area contributed by atoms with Gasteiger partial charge in [-0.25, -0.2) is 9.38 Å². The number of hydrogen-bond acceptors (Lipinski definition) is 8. The molecule has 0 bridgehead atoms. The minimum atomic E-state index is -1.33. The molecule has 0 radical (unpaired) electrons. The van der Waals surface area contributed by atoms with E-state index in [1.54, 1.807) is 0 Å². The predicted molar refractivity (Wildman–Crippen MR) is 132 cm³/mol. The van der Waals surface area contributed by atoms with Gasteiger partial charge in [0.25, 0.3) is 0 Å². The Morgan fingerprint density at radius 1 is 1.29 bits per heavy atom. The summed E-state index contributed by atoms with van der Waals surface area (Å²) in [4.78, 5) is 31.2. The molecule has 3 atom stereocenters. The molecule has 1 aliphatic carbocycles. The van der Waals surface area contributed by atoms with E-state index in [1.165, 1.54) is 0 Å². The molecule has 9 nitrogen and oxygen atoms in total. The van der Waals surface area contributed by atoms with Gasteiger partial charge in [-0.1, -0.05) is 24.3 Å². The fourth-order valence-corrected chi connectivity index (χ4v) is 5.07. The van der Waals surface area contributed by atoms with Crippen molar-refractivity contribution in [1.29, 1.82) is 0 Å². The number of Topliss-reactive ketones (excluding diaryl/α,β-unsaturated/α-hetero) is 1. The van der Waals surface area contributed by atoms with Crippen molar-refractivity contribution in [3.63, 3.8) is 0 Å². The van der Waals surface area contributed by atoms with Gasteiger partial charge in [0, 0.05) is 31.8 Å². The molecule has 3 heterocycles. The lowest BCUT2D eigenvalue weighted by Crippen LogP contribution is -2.54. The number of aliphatic carboxylic acids is 1. The van der Waals surface area contributed by atoms with E-state index in [2.05, 4.69) is 15.6 Å². The number of carbonyl (C=O) groups excluding carboxylic acids is 1. The Labute approximate surface area is 202 Å². The molecular formula is C25H28FN5O4. The summed E-state index contributed by atoms with van der Waals surface area (Å²) in [7, 11) is 0. The van der Waals surface area contributed by atoms with Crippen LogP contribution in [0.1, 0.15) is 29.6 Å². The van der Waals surface area contributed by atoms with Crippen molar-refractivity contribution < 1.29 is 23.8 Å². The molecule has 1 aromatic rings. The molecule has 0 amide bonds. The van der Waals surface area contributed by atoms with Gasteiger partial charge in [-0.2, -0.15) is 0 Å². The van der Waals surface area contributed by atoms with E-state index in [1.807, 2.05) is 41.5 Å². The maximum Gasteiger partial charge on any atom is 0.316 e. The summed E-state index contributed by atoms with van der Waals surface area (Å²) >= 11 is 0. The second-order valence-electron chi connectivity index (χ2n) is 8.99. The van der Waals surface area contributed by atoms with Crippen LogP contribution in [0.3, 0.4) is 0 Å². The van der Waals surface area contributed by atoms with Gasteiger partial charge in [0.05, 0.1) is 23.0 Å². The van der Waals surface area contributed by atoms with Crippen LogP contribution in [0, 0.1) is 17.7 Å². The Morgan fingerprint density at radius 3 is 2.83 bits per heavy atom. The summed E-state index contributed by atoms with van der Waals surface area (Å²) in [5.41, 5.74) is 6.12. The molecule has 0 saturated heterocycles. The Bertz CT molecular complexity index is 1180. The number of nitrogens with zero attached hydrogens (tertiary/aromatic N) is 2. The van der Waals surface area contributed by atoms with E-state index in [0.717, 1.165) is 25.1 Å². The Hall–Kier alpha value is -3.82. The number of carboxylic acids is 1. The number of aliphatic imine (C=N–C) groups is 1. The number of carbonyl (C=O) groups is 2. The topological polar surface area (TPSA) is 129 Å². The number of nitrogens with one attached hydrogen (secondary N) is 2. The SMILES string of the molecule is Nc1c(F)c(NCCNC2=CCCC=N2)c2c3c1C(=O)C(C(=O)O)CN3[C@@H](C1C=CC=CC1)CO2. The molecule has 35 heavy (non-hydrogen) atoms. The summed E-state index contributed by atoms with van der Waals surface area (Å²) in [6.07, 6.45) is 14.4. The van der Waals surface area contributed by atoms with E-state index in [9.17, 15) is 14.7 Å². The van der Waals surface area contributed by atoms with Crippen LogP contribution in [0.4, 0.5) is 21.5 Å². The molecule has 1 aromatic carbocycles. The number of nitrogens with two attached hydrogens (primary N) is 1. The number of anilines is 3. The average molecular weight is 482 g/mol. The van der Waals surface area contributed by atoms with Crippen molar-refractivity contribution >= 4 is 35.0 Å². The smallest absolute Gasteiger partial charge is 0.316 e. The third-order valence-electron chi connectivity index (χ3n) is 6.84. The van der Waals surface area contributed by atoms with Gasteiger partial charge in [0.15, 0.2) is 17.3 Å². The molecular weight excluding hydrogens is 453 g/mol. The van der Waals surface area contributed by atoms with E-state index in [0.29, 0.717) is 18.8 Å². The predicted octanol–water partition coefficient (Wildman–Crippen LogP) is 2.71. The lowest BCUT2D eigenvalue weighted by Gasteiger charge is -2.46. The second-order valence-corrected chi connectivity index (χ2v) is 8.99. The van der Waals surface area contributed by atoms with E-state index in [4.69, 9.17) is 10.5 Å². The monoisotopic (exact) mass is 481 g/mol. The van der Waals surface area contributed by atoms with Gasteiger partial charge in [-0.15, -0.1) is 0 Å². The molecule has 2 unspecified atom stereocenters. The van der Waals surface area contributed by atoms with E-state index < -0.39 is 23.5 Å². The summed E-state index contributed by atoms with van der Waals surface area (Å²) in [6.45, 7) is 1.04. The highest BCUT2D eigenvalue weighted by atomic mass is 19.1. The Morgan fingerprint density at radius 2 is 2.11 bits per heavy atom. The summed E-state index contributed by atoms with van der Waals surface area (Å²) in [6, 6.07) is -0.215. The quantitative estimate of drug-likeness (QED) is 0.266. The molecule has 0 aromatic heterocycles. The number of hydrogen-bond donors (Lipinski definition) is 4. The van der Waals surface area contributed by atoms with Gasteiger partial charge < -0.3 is 31.1 Å². The van der Waals surface area contributed by atoms with Gasteiger partial charge in [-0.3, -0.25) is 9.59 Å². The highest BCUT2D eigenvalue weighted by Crippen LogP contribution is 2.51.